The molecule has 3 aromatic carbocycles. The molecule has 1 amide bonds. The summed E-state index contributed by atoms with van der Waals surface area (Å²) in [4.78, 5) is 27.6. The molecule has 0 aliphatic heterocycles. The number of benzene rings is 3. The van der Waals surface area contributed by atoms with Crippen LogP contribution in [0.4, 0.5) is 5.69 Å². The Morgan fingerprint density at radius 3 is 2.03 bits per heavy atom. The van der Waals surface area contributed by atoms with E-state index in [0.29, 0.717) is 11.4 Å². The van der Waals surface area contributed by atoms with Crippen molar-refractivity contribution in [1.82, 2.24) is 9.36 Å². The van der Waals surface area contributed by atoms with E-state index in [9.17, 15) is 9.59 Å². The SMILES string of the molecule is Cc1c(NC(=O)[C@@H](Sc2ccccc2)c2ccccc2)c(=O)n(-c2ccccc2)n1C. The molecule has 1 atom stereocenters. The molecule has 0 bridgehead atoms. The zero-order valence-electron chi connectivity index (χ0n) is 17.4. The summed E-state index contributed by atoms with van der Waals surface area (Å²) in [6, 6.07) is 28.8. The van der Waals surface area contributed by atoms with Gasteiger partial charge in [-0.15, -0.1) is 11.8 Å². The molecule has 0 fully saturated rings. The molecule has 0 aliphatic rings. The van der Waals surface area contributed by atoms with Gasteiger partial charge in [0.2, 0.25) is 5.91 Å². The molecule has 6 heteroatoms. The fourth-order valence-corrected chi connectivity index (χ4v) is 4.48. The number of rotatable bonds is 6. The predicted octanol–water partition coefficient (Wildman–Crippen LogP) is 4.96. The molecule has 0 spiro atoms. The molecule has 4 rings (SSSR count). The summed E-state index contributed by atoms with van der Waals surface area (Å²) < 4.78 is 3.32. The van der Waals surface area contributed by atoms with Crippen molar-refractivity contribution in [2.45, 2.75) is 17.1 Å². The predicted molar refractivity (Wildman–Crippen MR) is 126 cm³/mol. The third kappa shape index (κ3) is 4.34. The van der Waals surface area contributed by atoms with E-state index in [0.717, 1.165) is 16.1 Å². The Labute approximate surface area is 185 Å². The van der Waals surface area contributed by atoms with E-state index in [1.54, 1.807) is 9.36 Å². The second-order valence-electron chi connectivity index (χ2n) is 7.15. The van der Waals surface area contributed by atoms with Crippen LogP contribution >= 0.6 is 11.8 Å². The minimum absolute atomic E-state index is 0.230. The van der Waals surface area contributed by atoms with Crippen LogP contribution in [0.2, 0.25) is 0 Å². The number of anilines is 1. The fraction of sp³-hybridized carbons (Fsp3) is 0.120. The minimum atomic E-state index is -0.493. The van der Waals surface area contributed by atoms with Crippen LogP contribution in [-0.2, 0) is 11.8 Å². The maximum Gasteiger partial charge on any atom is 0.295 e. The van der Waals surface area contributed by atoms with Crippen LogP contribution in [0, 0.1) is 6.92 Å². The second kappa shape index (κ2) is 9.10. The molecule has 1 N–H and O–H groups in total. The number of carbonyl (C=O) groups is 1. The van der Waals surface area contributed by atoms with Gasteiger partial charge in [-0.1, -0.05) is 66.7 Å². The van der Waals surface area contributed by atoms with Gasteiger partial charge in [0, 0.05) is 11.9 Å². The average Bonchev–Trinajstić information content (AvgIpc) is 3.02. The normalized spacial score (nSPS) is 11.8. The maximum atomic E-state index is 13.4. The van der Waals surface area contributed by atoms with E-state index in [1.807, 2.05) is 105 Å². The van der Waals surface area contributed by atoms with Crippen molar-refractivity contribution in [3.05, 3.63) is 113 Å². The van der Waals surface area contributed by atoms with Gasteiger partial charge in [0.1, 0.15) is 10.9 Å². The number of aromatic nitrogens is 2. The smallest absolute Gasteiger partial charge is 0.295 e. The highest BCUT2D eigenvalue weighted by atomic mass is 32.2. The van der Waals surface area contributed by atoms with Crippen LogP contribution in [-0.4, -0.2) is 15.3 Å². The molecule has 1 aromatic heterocycles. The van der Waals surface area contributed by atoms with Gasteiger partial charge >= 0.3 is 0 Å². The van der Waals surface area contributed by atoms with Gasteiger partial charge < -0.3 is 5.32 Å². The Morgan fingerprint density at radius 2 is 1.42 bits per heavy atom. The Kier molecular flexibility index (Phi) is 6.09. The first-order valence-corrected chi connectivity index (χ1v) is 10.9. The highest BCUT2D eigenvalue weighted by Gasteiger charge is 2.25. The lowest BCUT2D eigenvalue weighted by atomic mass is 10.1. The lowest BCUT2D eigenvalue weighted by molar-refractivity contribution is -0.115. The molecule has 0 radical (unpaired) electrons. The lowest BCUT2D eigenvalue weighted by Gasteiger charge is -2.16. The van der Waals surface area contributed by atoms with Crippen LogP contribution in [0.5, 0.6) is 0 Å². The van der Waals surface area contributed by atoms with Gasteiger partial charge in [-0.3, -0.25) is 14.3 Å². The Bertz CT molecular complexity index is 1230. The topological polar surface area (TPSA) is 56.0 Å². The summed E-state index contributed by atoms with van der Waals surface area (Å²) in [5, 5.41) is 2.42. The highest BCUT2D eigenvalue weighted by Crippen LogP contribution is 2.36. The number of para-hydroxylation sites is 1. The van der Waals surface area contributed by atoms with Gasteiger partial charge in [0.15, 0.2) is 0 Å². The largest absolute Gasteiger partial charge is 0.319 e. The van der Waals surface area contributed by atoms with Crippen molar-refractivity contribution in [3.63, 3.8) is 0 Å². The molecular formula is C25H23N3O2S. The van der Waals surface area contributed by atoms with Crippen molar-refractivity contribution in [1.29, 1.82) is 0 Å². The summed E-state index contributed by atoms with van der Waals surface area (Å²) >= 11 is 1.46. The monoisotopic (exact) mass is 429 g/mol. The highest BCUT2D eigenvalue weighted by molar-refractivity contribution is 8.00. The first kappa shape index (κ1) is 20.8. The van der Waals surface area contributed by atoms with E-state index in [-0.39, 0.29) is 11.5 Å². The van der Waals surface area contributed by atoms with Gasteiger partial charge in [0.25, 0.3) is 5.56 Å². The second-order valence-corrected chi connectivity index (χ2v) is 8.33. The Morgan fingerprint density at radius 1 is 0.871 bits per heavy atom. The summed E-state index contributed by atoms with van der Waals surface area (Å²) in [5.41, 5.74) is 2.36. The minimum Gasteiger partial charge on any atom is -0.319 e. The maximum absolute atomic E-state index is 13.4. The first-order chi connectivity index (χ1) is 15.1. The molecule has 0 aliphatic carbocycles. The van der Waals surface area contributed by atoms with Crippen LogP contribution in [0.3, 0.4) is 0 Å². The van der Waals surface area contributed by atoms with Crippen molar-refractivity contribution in [3.8, 4) is 5.69 Å². The fourth-order valence-electron chi connectivity index (χ4n) is 3.44. The zero-order chi connectivity index (χ0) is 21.8. The van der Waals surface area contributed by atoms with Gasteiger partial charge in [0.05, 0.1) is 11.4 Å². The summed E-state index contributed by atoms with van der Waals surface area (Å²) in [6.45, 7) is 1.83. The van der Waals surface area contributed by atoms with E-state index in [1.165, 1.54) is 11.8 Å². The number of thioether (sulfide) groups is 1. The third-order valence-electron chi connectivity index (χ3n) is 5.14. The summed E-state index contributed by atoms with van der Waals surface area (Å²) in [5.74, 6) is -0.230. The molecule has 0 saturated heterocycles. The van der Waals surface area contributed by atoms with E-state index >= 15 is 0 Å². The number of nitrogens with one attached hydrogen (secondary N) is 1. The summed E-state index contributed by atoms with van der Waals surface area (Å²) in [6.07, 6.45) is 0. The van der Waals surface area contributed by atoms with Crippen LogP contribution in [0.15, 0.2) is 101 Å². The Hall–Kier alpha value is -3.51. The van der Waals surface area contributed by atoms with Gasteiger partial charge in [-0.25, -0.2) is 4.68 Å². The van der Waals surface area contributed by atoms with E-state index in [4.69, 9.17) is 0 Å². The molecule has 31 heavy (non-hydrogen) atoms. The first-order valence-electron chi connectivity index (χ1n) is 9.98. The number of hydrogen-bond acceptors (Lipinski definition) is 3. The molecule has 5 nitrogen and oxygen atoms in total. The van der Waals surface area contributed by atoms with Gasteiger partial charge in [-0.2, -0.15) is 0 Å². The van der Waals surface area contributed by atoms with Crippen molar-refractivity contribution < 1.29 is 4.79 Å². The molecule has 0 saturated carbocycles. The number of carbonyl (C=O) groups excluding carboxylic acids is 1. The number of amides is 1. The molecular weight excluding hydrogens is 406 g/mol. The molecule has 4 aromatic rings. The molecule has 156 valence electrons. The average molecular weight is 430 g/mol. The van der Waals surface area contributed by atoms with Crippen molar-refractivity contribution in [2.75, 3.05) is 5.32 Å². The van der Waals surface area contributed by atoms with Crippen LogP contribution in [0.1, 0.15) is 16.5 Å². The summed E-state index contributed by atoms with van der Waals surface area (Å²) in [7, 11) is 1.81. The van der Waals surface area contributed by atoms with Crippen LogP contribution < -0.4 is 10.9 Å². The van der Waals surface area contributed by atoms with Crippen LogP contribution in [0.25, 0.3) is 5.69 Å². The van der Waals surface area contributed by atoms with E-state index < -0.39 is 5.25 Å². The molecule has 0 unspecified atom stereocenters. The Balaban J connectivity index is 1.69. The number of hydrogen-bond donors (Lipinski definition) is 1. The standard InChI is InChI=1S/C25H23N3O2S/c1-18-22(25(30)28(27(18)2)20-14-8-4-9-15-20)26-24(29)23(19-12-6-3-7-13-19)31-21-16-10-5-11-17-21/h3-17,23H,1-2H3,(H,26,29)/t23-/m0/s1. The quantitative estimate of drug-likeness (QED) is 0.441. The van der Waals surface area contributed by atoms with Crippen molar-refractivity contribution in [2.24, 2.45) is 7.05 Å². The molecule has 1 heterocycles. The third-order valence-corrected chi connectivity index (χ3v) is 6.41. The van der Waals surface area contributed by atoms with Crippen molar-refractivity contribution >= 4 is 23.4 Å². The van der Waals surface area contributed by atoms with E-state index in [2.05, 4.69) is 5.32 Å². The zero-order valence-corrected chi connectivity index (χ0v) is 18.2. The van der Waals surface area contributed by atoms with Gasteiger partial charge in [-0.05, 0) is 36.8 Å². The lowest BCUT2D eigenvalue weighted by Crippen LogP contribution is -2.25. The number of nitrogens with zero attached hydrogens (tertiary/aromatic N) is 2.